The summed E-state index contributed by atoms with van der Waals surface area (Å²) in [5.41, 5.74) is -0.0888. The van der Waals surface area contributed by atoms with Crippen molar-refractivity contribution >= 4 is 40.9 Å². The van der Waals surface area contributed by atoms with Gasteiger partial charge in [-0.3, -0.25) is 9.69 Å². The van der Waals surface area contributed by atoms with E-state index in [1.807, 2.05) is 0 Å². The van der Waals surface area contributed by atoms with Crippen LogP contribution in [0.4, 0.5) is 24.8 Å². The van der Waals surface area contributed by atoms with Gasteiger partial charge in [-0.15, -0.1) is 12.4 Å². The number of amides is 1. The number of ether oxygens (including phenoxy) is 3. The van der Waals surface area contributed by atoms with Crippen LogP contribution >= 0.6 is 12.4 Å². The molecule has 2 aromatic heterocycles. The number of nitrogens with zero attached hydrogens (tertiary/aromatic N) is 4. The van der Waals surface area contributed by atoms with Crippen LogP contribution in [0.15, 0.2) is 30.5 Å². The van der Waals surface area contributed by atoms with Gasteiger partial charge < -0.3 is 19.5 Å². The van der Waals surface area contributed by atoms with Gasteiger partial charge in [0.1, 0.15) is 37.2 Å². The molecule has 0 aliphatic carbocycles. The Morgan fingerprint density at radius 2 is 1.94 bits per heavy atom. The molecule has 5 rings (SSSR count). The molecule has 0 unspecified atom stereocenters. The van der Waals surface area contributed by atoms with Crippen LogP contribution in [0.1, 0.15) is 24.1 Å². The Bertz CT molecular complexity index is 1260. The maximum absolute atomic E-state index is 13.6. The van der Waals surface area contributed by atoms with E-state index in [1.54, 1.807) is 19.1 Å². The average Bonchev–Trinajstić information content (AvgIpc) is 2.83. The predicted octanol–water partition coefficient (Wildman–Crippen LogP) is 3.77. The van der Waals surface area contributed by atoms with Gasteiger partial charge in [-0.25, -0.2) is 4.98 Å². The zero-order valence-electron chi connectivity index (χ0n) is 18.5. The lowest BCUT2D eigenvalue weighted by atomic mass is 10.0. The van der Waals surface area contributed by atoms with E-state index >= 15 is 0 Å². The molecule has 0 spiro atoms. The Morgan fingerprint density at radius 1 is 1.14 bits per heavy atom. The first-order valence-electron chi connectivity index (χ1n) is 10.6. The van der Waals surface area contributed by atoms with Crippen molar-refractivity contribution in [3.05, 3.63) is 41.6 Å². The predicted molar refractivity (Wildman–Crippen MR) is 122 cm³/mol. The second-order valence-electron chi connectivity index (χ2n) is 7.80. The van der Waals surface area contributed by atoms with Crippen LogP contribution in [0, 0.1) is 0 Å². The highest BCUT2D eigenvalue weighted by molar-refractivity contribution is 5.97. The highest BCUT2D eigenvalue weighted by atomic mass is 35.5. The van der Waals surface area contributed by atoms with Gasteiger partial charge in [0, 0.05) is 10.9 Å². The van der Waals surface area contributed by atoms with Crippen molar-refractivity contribution in [2.24, 2.45) is 0 Å². The summed E-state index contributed by atoms with van der Waals surface area (Å²) in [6, 6.07) is 4.99. The Labute approximate surface area is 204 Å². The number of rotatable bonds is 1. The van der Waals surface area contributed by atoms with Crippen molar-refractivity contribution in [2.45, 2.75) is 19.1 Å². The molecule has 2 aliphatic heterocycles. The summed E-state index contributed by atoms with van der Waals surface area (Å²) in [6.45, 7) is 2.23. The van der Waals surface area contributed by atoms with Crippen LogP contribution in [-0.4, -0.2) is 53.8 Å². The minimum Gasteiger partial charge on any atom is -0.489 e. The lowest BCUT2D eigenvalue weighted by molar-refractivity contribution is -0.139. The summed E-state index contributed by atoms with van der Waals surface area (Å²) in [6.07, 6.45) is -3.08. The first kappa shape index (κ1) is 24.7. The molecule has 1 N–H and O–H groups in total. The number of morpholine rings is 1. The Morgan fingerprint density at radius 3 is 2.71 bits per heavy atom. The number of benzene rings is 1. The number of fused-ring (bicyclic) bond motifs is 5. The molecule has 13 heteroatoms. The van der Waals surface area contributed by atoms with E-state index in [0.29, 0.717) is 41.3 Å². The summed E-state index contributed by atoms with van der Waals surface area (Å²) < 4.78 is 57.2. The van der Waals surface area contributed by atoms with Crippen molar-refractivity contribution in [2.75, 3.05) is 43.2 Å². The summed E-state index contributed by atoms with van der Waals surface area (Å²) in [7, 11) is 0. The number of anilines is 2. The van der Waals surface area contributed by atoms with Crippen molar-refractivity contribution in [3.8, 4) is 11.8 Å². The van der Waals surface area contributed by atoms with Gasteiger partial charge in [0.15, 0.2) is 0 Å². The summed E-state index contributed by atoms with van der Waals surface area (Å²) in [5, 5.41) is 3.70. The Hall–Kier alpha value is -3.38. The molecule has 2 aliphatic rings. The van der Waals surface area contributed by atoms with E-state index < -0.39 is 17.8 Å². The Balaban J connectivity index is 0.00000289. The number of nitrogens with one attached hydrogen (secondary N) is 1. The molecule has 186 valence electrons. The van der Waals surface area contributed by atoms with Gasteiger partial charge in [-0.1, -0.05) is 12.1 Å². The van der Waals surface area contributed by atoms with Gasteiger partial charge in [-0.2, -0.15) is 23.1 Å². The third-order valence-corrected chi connectivity index (χ3v) is 5.54. The number of hydrogen-bond donors (Lipinski definition) is 1. The molecule has 1 fully saturated rings. The number of hydrogen-bond acceptors (Lipinski definition) is 8. The molecule has 0 saturated carbocycles. The highest BCUT2D eigenvalue weighted by Gasteiger charge is 2.36. The molecule has 2 bridgehead atoms. The monoisotopic (exact) mass is 511 g/mol. The number of alkyl halides is 3. The molecule has 4 heterocycles. The molecule has 1 atom stereocenters. The maximum Gasteiger partial charge on any atom is 0.419 e. The molecule has 9 nitrogen and oxygen atoms in total. The van der Waals surface area contributed by atoms with Crippen LogP contribution in [-0.2, 0) is 15.7 Å². The van der Waals surface area contributed by atoms with Crippen LogP contribution in [0.3, 0.4) is 0 Å². The summed E-state index contributed by atoms with van der Waals surface area (Å²) >= 11 is 0. The molecule has 1 saturated heterocycles. The zero-order chi connectivity index (χ0) is 23.9. The van der Waals surface area contributed by atoms with E-state index in [1.165, 1.54) is 17.2 Å². The number of para-hydroxylation sites is 1. The molecular weight excluding hydrogens is 491 g/mol. The third-order valence-electron chi connectivity index (χ3n) is 5.54. The normalized spacial score (nSPS) is 18.3. The number of halogens is 4. The van der Waals surface area contributed by atoms with Gasteiger partial charge in [0.2, 0.25) is 0 Å². The smallest absolute Gasteiger partial charge is 0.419 e. The largest absolute Gasteiger partial charge is 0.489 e. The fraction of sp³-hybridized carbons (Fsp3) is 0.364. The lowest BCUT2D eigenvalue weighted by Gasteiger charge is -2.26. The standard InChI is InChI=1S/C22H20F3N5O4.ClH/c1-12-13-3-2-4-15(22(23,24)25)19(13)33-7-8-34-21-28-16-10-26-17(9-14(16)20(27-12)29-21)30-5-6-32-11-18(30)31;/h2-4,9-10,12H,5-8,11H2,1H3,(H,27,28,29);1H/t12-;/m1./s1. The van der Waals surface area contributed by atoms with Crippen LogP contribution in [0.2, 0.25) is 0 Å². The van der Waals surface area contributed by atoms with E-state index in [4.69, 9.17) is 14.2 Å². The topological polar surface area (TPSA) is 98.7 Å². The number of carbonyl (C=O) groups is 1. The molecule has 3 aromatic rings. The lowest BCUT2D eigenvalue weighted by Crippen LogP contribution is -2.42. The minimum atomic E-state index is -4.58. The van der Waals surface area contributed by atoms with Gasteiger partial charge >= 0.3 is 12.2 Å². The molecule has 0 radical (unpaired) electrons. The quantitative estimate of drug-likeness (QED) is 0.527. The van der Waals surface area contributed by atoms with Gasteiger partial charge in [0.05, 0.1) is 36.5 Å². The molecule has 1 aromatic carbocycles. The summed E-state index contributed by atoms with van der Waals surface area (Å²) in [4.78, 5) is 26.9. The minimum absolute atomic E-state index is 0. The van der Waals surface area contributed by atoms with Crippen LogP contribution in [0.25, 0.3) is 10.9 Å². The van der Waals surface area contributed by atoms with Crippen molar-refractivity contribution in [3.63, 3.8) is 0 Å². The van der Waals surface area contributed by atoms with Crippen LogP contribution in [0.5, 0.6) is 11.8 Å². The third kappa shape index (κ3) is 4.89. The first-order chi connectivity index (χ1) is 16.3. The van der Waals surface area contributed by atoms with Crippen LogP contribution < -0.4 is 19.7 Å². The van der Waals surface area contributed by atoms with E-state index in [0.717, 1.165) is 6.07 Å². The Kier molecular flexibility index (Phi) is 6.86. The van der Waals surface area contributed by atoms with E-state index in [-0.39, 0.29) is 49.9 Å². The second-order valence-corrected chi connectivity index (χ2v) is 7.80. The van der Waals surface area contributed by atoms with Gasteiger partial charge in [0.25, 0.3) is 5.91 Å². The second kappa shape index (κ2) is 9.70. The van der Waals surface area contributed by atoms with Crippen molar-refractivity contribution in [1.29, 1.82) is 0 Å². The fourth-order valence-electron chi connectivity index (χ4n) is 3.92. The summed E-state index contributed by atoms with van der Waals surface area (Å²) in [5.74, 6) is 0.258. The molecular formula is C22H21ClF3N5O4. The maximum atomic E-state index is 13.6. The number of pyridine rings is 1. The number of aromatic nitrogens is 3. The highest BCUT2D eigenvalue weighted by Crippen LogP contribution is 2.41. The first-order valence-corrected chi connectivity index (χ1v) is 10.6. The average molecular weight is 512 g/mol. The van der Waals surface area contributed by atoms with E-state index in [9.17, 15) is 18.0 Å². The molecule has 1 amide bonds. The fourth-order valence-corrected chi connectivity index (χ4v) is 3.92. The van der Waals surface area contributed by atoms with Gasteiger partial charge in [-0.05, 0) is 19.1 Å². The SMILES string of the molecule is C[C@H]1Nc2nc(nc3cnc(N4CCOCC4=O)cc23)OCCOc2c1cccc2C(F)(F)F.Cl. The number of carbonyl (C=O) groups excluding carboxylic acids is 1. The van der Waals surface area contributed by atoms with Crippen molar-refractivity contribution in [1.82, 2.24) is 15.0 Å². The zero-order valence-corrected chi connectivity index (χ0v) is 19.3. The molecule has 35 heavy (non-hydrogen) atoms. The van der Waals surface area contributed by atoms with E-state index in [2.05, 4.69) is 20.3 Å². The van der Waals surface area contributed by atoms with Crippen molar-refractivity contribution < 1.29 is 32.2 Å².